The van der Waals surface area contributed by atoms with Gasteiger partial charge in [0.05, 0.1) is 6.54 Å². The van der Waals surface area contributed by atoms with Crippen molar-refractivity contribution in [2.75, 3.05) is 20.1 Å². The highest BCUT2D eigenvalue weighted by molar-refractivity contribution is 5.83. The molecule has 0 aromatic rings. The summed E-state index contributed by atoms with van der Waals surface area (Å²) in [6.45, 7) is 10.2. The summed E-state index contributed by atoms with van der Waals surface area (Å²) in [7, 11) is 1.93. The normalized spacial score (nSPS) is 11.0. The van der Waals surface area contributed by atoms with E-state index >= 15 is 0 Å². The molecule has 0 aromatic carbocycles. The molecule has 0 aliphatic carbocycles. The molecule has 0 saturated carbocycles. The number of ether oxygens (including phenoxy) is 2. The monoisotopic (exact) mass is 451 g/mol. The smallest absolute Gasteiger partial charge is 0.333 e. The Morgan fingerprint density at radius 1 is 0.688 bits per heavy atom. The zero-order valence-corrected chi connectivity index (χ0v) is 21.0. The standard InChI is InChI=1S/C27H49NO4/c1-5-8-9-10-11-12-13-14-15-16-17-18-19-20-21-22-23-28(4)24-27(31-25(29)6-2)32-26(30)7-3/h6-7,27H,2-3,5,8-24H2,1,4H3. The molecule has 186 valence electrons. The second-order valence-electron chi connectivity index (χ2n) is 8.78. The van der Waals surface area contributed by atoms with Crippen molar-refractivity contribution in [3.05, 3.63) is 25.3 Å². The van der Waals surface area contributed by atoms with Crippen molar-refractivity contribution in [3.8, 4) is 0 Å². The van der Waals surface area contributed by atoms with Gasteiger partial charge in [-0.05, 0) is 20.0 Å². The van der Waals surface area contributed by atoms with Crippen molar-refractivity contribution >= 4 is 11.9 Å². The lowest BCUT2D eigenvalue weighted by Crippen LogP contribution is -2.36. The summed E-state index contributed by atoms with van der Waals surface area (Å²) in [5, 5.41) is 0. The van der Waals surface area contributed by atoms with Crippen LogP contribution in [0.4, 0.5) is 0 Å². The van der Waals surface area contributed by atoms with Crippen molar-refractivity contribution in [2.24, 2.45) is 0 Å². The van der Waals surface area contributed by atoms with Gasteiger partial charge in [0.1, 0.15) is 0 Å². The summed E-state index contributed by atoms with van der Waals surface area (Å²) in [6, 6.07) is 0. The SMILES string of the molecule is C=CC(=O)OC(CN(C)CCCCCCCCCCCCCCCCCC)OC(=O)C=C. The van der Waals surface area contributed by atoms with E-state index in [0.717, 1.165) is 25.1 Å². The van der Waals surface area contributed by atoms with Crippen LogP contribution in [-0.2, 0) is 19.1 Å². The fourth-order valence-corrected chi connectivity index (χ4v) is 3.73. The van der Waals surface area contributed by atoms with Gasteiger partial charge in [-0.2, -0.15) is 0 Å². The van der Waals surface area contributed by atoms with Crippen LogP contribution in [0, 0.1) is 0 Å². The van der Waals surface area contributed by atoms with Crippen LogP contribution in [0.15, 0.2) is 25.3 Å². The predicted octanol–water partition coefficient (Wildman–Crippen LogP) is 6.96. The number of carbonyl (C=O) groups is 2. The Labute approximate surface area is 197 Å². The molecule has 0 atom stereocenters. The Bertz CT molecular complexity index is 470. The Balaban J connectivity index is 3.60. The van der Waals surface area contributed by atoms with Crippen LogP contribution in [0.5, 0.6) is 0 Å². The van der Waals surface area contributed by atoms with Crippen LogP contribution in [0.2, 0.25) is 0 Å². The molecule has 0 fully saturated rings. The molecule has 32 heavy (non-hydrogen) atoms. The lowest BCUT2D eigenvalue weighted by molar-refractivity contribution is -0.183. The van der Waals surface area contributed by atoms with Crippen molar-refractivity contribution < 1.29 is 19.1 Å². The molecule has 0 N–H and O–H groups in total. The predicted molar refractivity (Wildman–Crippen MR) is 133 cm³/mol. The Kier molecular flexibility index (Phi) is 21.4. The molecule has 0 spiro atoms. The molecule has 5 heteroatoms. The second kappa shape index (κ2) is 22.6. The molecule has 0 aromatic heterocycles. The van der Waals surface area contributed by atoms with Crippen molar-refractivity contribution in [1.29, 1.82) is 0 Å². The van der Waals surface area contributed by atoms with Gasteiger partial charge in [0.15, 0.2) is 0 Å². The van der Waals surface area contributed by atoms with Gasteiger partial charge < -0.3 is 9.47 Å². The average Bonchev–Trinajstić information content (AvgIpc) is 2.78. The molecular weight excluding hydrogens is 402 g/mol. The molecular formula is C27H49NO4. The summed E-state index contributed by atoms with van der Waals surface area (Å²) < 4.78 is 10.2. The van der Waals surface area contributed by atoms with Crippen LogP contribution in [0.25, 0.3) is 0 Å². The van der Waals surface area contributed by atoms with Crippen LogP contribution in [0.3, 0.4) is 0 Å². The molecule has 0 radical (unpaired) electrons. The summed E-state index contributed by atoms with van der Waals surface area (Å²) in [4.78, 5) is 24.8. The van der Waals surface area contributed by atoms with E-state index in [4.69, 9.17) is 9.47 Å². The zero-order chi connectivity index (χ0) is 23.9. The highest BCUT2D eigenvalue weighted by Crippen LogP contribution is 2.14. The van der Waals surface area contributed by atoms with Gasteiger partial charge in [-0.1, -0.05) is 116 Å². The van der Waals surface area contributed by atoms with Crippen molar-refractivity contribution in [3.63, 3.8) is 0 Å². The first-order valence-electron chi connectivity index (χ1n) is 12.9. The van der Waals surface area contributed by atoms with E-state index in [1.165, 1.54) is 96.3 Å². The number of rotatable bonds is 23. The first-order chi connectivity index (χ1) is 15.5. The number of esters is 2. The molecule has 0 heterocycles. The van der Waals surface area contributed by atoms with E-state index in [9.17, 15) is 9.59 Å². The van der Waals surface area contributed by atoms with E-state index in [1.54, 1.807) is 0 Å². The number of likely N-dealkylation sites (N-methyl/N-ethyl adjacent to an activating group) is 1. The van der Waals surface area contributed by atoms with Crippen molar-refractivity contribution in [1.82, 2.24) is 4.90 Å². The van der Waals surface area contributed by atoms with Crippen molar-refractivity contribution in [2.45, 2.75) is 116 Å². The molecule has 0 saturated heterocycles. The third-order valence-corrected chi connectivity index (χ3v) is 5.68. The maximum absolute atomic E-state index is 11.4. The van der Waals surface area contributed by atoms with Crippen LogP contribution >= 0.6 is 0 Å². The van der Waals surface area contributed by atoms with E-state index < -0.39 is 18.2 Å². The highest BCUT2D eigenvalue weighted by atomic mass is 16.7. The Morgan fingerprint density at radius 2 is 1.03 bits per heavy atom. The summed E-state index contributed by atoms with van der Waals surface area (Å²) in [5.74, 6) is -1.22. The first-order valence-corrected chi connectivity index (χ1v) is 12.9. The van der Waals surface area contributed by atoms with E-state index in [1.807, 2.05) is 11.9 Å². The Morgan fingerprint density at radius 3 is 1.38 bits per heavy atom. The van der Waals surface area contributed by atoms with Gasteiger partial charge in [0.25, 0.3) is 6.29 Å². The molecule has 0 unspecified atom stereocenters. The topological polar surface area (TPSA) is 55.8 Å². The minimum atomic E-state index is -0.947. The number of carbonyl (C=O) groups excluding carboxylic acids is 2. The van der Waals surface area contributed by atoms with Gasteiger partial charge in [0, 0.05) is 12.2 Å². The molecule has 0 amide bonds. The molecule has 0 aliphatic rings. The minimum absolute atomic E-state index is 0.331. The molecule has 0 aliphatic heterocycles. The maximum atomic E-state index is 11.4. The molecule has 0 bridgehead atoms. The van der Waals surface area contributed by atoms with Gasteiger partial charge in [-0.3, -0.25) is 4.90 Å². The second-order valence-corrected chi connectivity index (χ2v) is 8.78. The van der Waals surface area contributed by atoms with Gasteiger partial charge in [0.2, 0.25) is 0 Å². The minimum Gasteiger partial charge on any atom is -0.421 e. The van der Waals surface area contributed by atoms with E-state index in [0.29, 0.717) is 6.54 Å². The van der Waals surface area contributed by atoms with Gasteiger partial charge in [-0.15, -0.1) is 0 Å². The first kappa shape index (κ1) is 30.4. The van der Waals surface area contributed by atoms with E-state index in [2.05, 4.69) is 20.1 Å². The number of hydrogen-bond acceptors (Lipinski definition) is 5. The van der Waals surface area contributed by atoms with Gasteiger partial charge >= 0.3 is 11.9 Å². The Hall–Kier alpha value is -1.62. The molecule has 5 nitrogen and oxygen atoms in total. The lowest BCUT2D eigenvalue weighted by Gasteiger charge is -2.23. The highest BCUT2D eigenvalue weighted by Gasteiger charge is 2.18. The third-order valence-electron chi connectivity index (χ3n) is 5.68. The van der Waals surface area contributed by atoms with E-state index in [-0.39, 0.29) is 0 Å². The van der Waals surface area contributed by atoms with Crippen LogP contribution in [0.1, 0.15) is 110 Å². The number of hydrogen-bond donors (Lipinski definition) is 0. The summed E-state index contributed by atoms with van der Waals surface area (Å²) in [5.41, 5.74) is 0. The van der Waals surface area contributed by atoms with Gasteiger partial charge in [-0.25, -0.2) is 9.59 Å². The fraction of sp³-hybridized carbons (Fsp3) is 0.778. The van der Waals surface area contributed by atoms with Crippen LogP contribution in [-0.4, -0.2) is 43.3 Å². The largest absolute Gasteiger partial charge is 0.421 e. The quantitative estimate of drug-likeness (QED) is 0.0727. The molecule has 0 rings (SSSR count). The number of unbranched alkanes of at least 4 members (excludes halogenated alkanes) is 15. The zero-order valence-electron chi connectivity index (χ0n) is 21.0. The summed E-state index contributed by atoms with van der Waals surface area (Å²) in [6.07, 6.45) is 22.7. The maximum Gasteiger partial charge on any atom is 0.333 e. The lowest BCUT2D eigenvalue weighted by atomic mass is 10.0. The fourth-order valence-electron chi connectivity index (χ4n) is 3.73. The third kappa shape index (κ3) is 20.3. The van der Waals surface area contributed by atoms with Crippen LogP contribution < -0.4 is 0 Å². The number of nitrogens with zero attached hydrogens (tertiary/aromatic N) is 1. The summed E-state index contributed by atoms with van der Waals surface area (Å²) >= 11 is 0. The average molecular weight is 452 g/mol.